The van der Waals surface area contributed by atoms with Crippen molar-refractivity contribution in [2.24, 2.45) is 0 Å². The lowest BCUT2D eigenvalue weighted by molar-refractivity contribution is 0.625. The average Bonchev–Trinajstić information content (AvgIpc) is 2.89. The maximum Gasteiger partial charge on any atom is 0.147 e. The summed E-state index contributed by atoms with van der Waals surface area (Å²) in [5.74, 6) is 1.30. The molecule has 0 N–H and O–H groups in total. The number of aromatic nitrogens is 1. The van der Waals surface area contributed by atoms with Crippen LogP contribution in [-0.4, -0.2) is 11.5 Å². The number of alkyl halides is 1. The van der Waals surface area contributed by atoms with Crippen LogP contribution in [0.2, 0.25) is 5.02 Å². The first-order valence-corrected chi connectivity index (χ1v) is 8.03. The van der Waals surface area contributed by atoms with E-state index in [0.29, 0.717) is 16.9 Å². The van der Waals surface area contributed by atoms with Gasteiger partial charge < -0.3 is 4.90 Å². The van der Waals surface area contributed by atoms with Crippen LogP contribution in [-0.2, 0) is 12.3 Å². The number of rotatable bonds is 2. The van der Waals surface area contributed by atoms with E-state index in [0.717, 1.165) is 24.3 Å². The zero-order valence-corrected chi connectivity index (χ0v) is 12.9. The van der Waals surface area contributed by atoms with Crippen LogP contribution in [0.15, 0.2) is 23.7 Å². The zero-order chi connectivity index (χ0) is 13.4. The number of pyridine rings is 1. The van der Waals surface area contributed by atoms with Gasteiger partial charge in [0.25, 0.3) is 0 Å². The SMILES string of the molecule is CC1c2ccsc2CCN1c1ncc(CCl)cc1Cl. The van der Waals surface area contributed by atoms with Crippen molar-refractivity contribution in [2.75, 3.05) is 11.4 Å². The second kappa shape index (κ2) is 5.31. The summed E-state index contributed by atoms with van der Waals surface area (Å²) < 4.78 is 0. The topological polar surface area (TPSA) is 16.1 Å². The Morgan fingerprint density at radius 2 is 2.37 bits per heavy atom. The molecule has 0 saturated carbocycles. The predicted octanol–water partition coefficient (Wildman–Crippen LogP) is 4.66. The highest BCUT2D eigenvalue weighted by Crippen LogP contribution is 2.37. The molecule has 1 aliphatic heterocycles. The van der Waals surface area contributed by atoms with Crippen molar-refractivity contribution in [3.8, 4) is 0 Å². The largest absolute Gasteiger partial charge is 0.348 e. The minimum atomic E-state index is 0.321. The fourth-order valence-corrected chi connectivity index (χ4v) is 3.96. The molecule has 1 atom stereocenters. The van der Waals surface area contributed by atoms with Crippen molar-refractivity contribution < 1.29 is 0 Å². The van der Waals surface area contributed by atoms with Crippen LogP contribution in [0.3, 0.4) is 0 Å². The molecule has 1 unspecified atom stereocenters. The van der Waals surface area contributed by atoms with Gasteiger partial charge in [-0.2, -0.15) is 0 Å². The Morgan fingerprint density at radius 1 is 1.53 bits per heavy atom. The molecule has 5 heteroatoms. The molecule has 0 spiro atoms. The van der Waals surface area contributed by atoms with E-state index in [2.05, 4.69) is 28.3 Å². The molecule has 0 bridgehead atoms. The van der Waals surface area contributed by atoms with Gasteiger partial charge in [0.15, 0.2) is 0 Å². The van der Waals surface area contributed by atoms with E-state index >= 15 is 0 Å². The summed E-state index contributed by atoms with van der Waals surface area (Å²) >= 11 is 14.0. The molecule has 0 amide bonds. The molecule has 0 radical (unpaired) electrons. The molecule has 3 rings (SSSR count). The Balaban J connectivity index is 1.95. The quantitative estimate of drug-likeness (QED) is 0.750. The first-order chi connectivity index (χ1) is 9.20. The van der Waals surface area contributed by atoms with Gasteiger partial charge in [0.05, 0.1) is 11.1 Å². The maximum absolute atomic E-state index is 6.35. The van der Waals surface area contributed by atoms with Gasteiger partial charge in [-0.25, -0.2) is 4.98 Å². The van der Waals surface area contributed by atoms with Crippen molar-refractivity contribution in [2.45, 2.75) is 25.3 Å². The molecule has 19 heavy (non-hydrogen) atoms. The Hall–Kier alpha value is -0.770. The molecule has 3 heterocycles. The average molecular weight is 313 g/mol. The normalized spacial score (nSPS) is 18.5. The molecule has 1 aliphatic rings. The summed E-state index contributed by atoms with van der Waals surface area (Å²) in [6.45, 7) is 3.17. The number of hydrogen-bond donors (Lipinski definition) is 0. The van der Waals surface area contributed by atoms with E-state index in [1.165, 1.54) is 10.4 Å². The summed E-state index contributed by atoms with van der Waals surface area (Å²) in [4.78, 5) is 8.25. The monoisotopic (exact) mass is 312 g/mol. The number of thiophene rings is 1. The van der Waals surface area contributed by atoms with Crippen LogP contribution < -0.4 is 4.90 Å². The molecule has 2 aromatic heterocycles. The molecule has 100 valence electrons. The minimum absolute atomic E-state index is 0.321. The van der Waals surface area contributed by atoms with Gasteiger partial charge in [0, 0.05) is 23.5 Å². The Bertz CT molecular complexity index is 597. The summed E-state index contributed by atoms with van der Waals surface area (Å²) in [5, 5.41) is 2.85. The van der Waals surface area contributed by atoms with Crippen LogP contribution in [0.4, 0.5) is 5.82 Å². The van der Waals surface area contributed by atoms with Crippen LogP contribution in [0.5, 0.6) is 0 Å². The lowest BCUT2D eigenvalue weighted by Gasteiger charge is -2.35. The number of halogens is 2. The molecule has 0 fully saturated rings. The van der Waals surface area contributed by atoms with E-state index < -0.39 is 0 Å². The van der Waals surface area contributed by atoms with Crippen molar-refractivity contribution in [3.63, 3.8) is 0 Å². The number of fused-ring (bicyclic) bond motifs is 1. The smallest absolute Gasteiger partial charge is 0.147 e. The predicted molar refractivity (Wildman–Crippen MR) is 82.6 cm³/mol. The second-order valence-electron chi connectivity index (χ2n) is 4.70. The van der Waals surface area contributed by atoms with Crippen molar-refractivity contribution in [1.82, 2.24) is 4.98 Å². The minimum Gasteiger partial charge on any atom is -0.348 e. The fraction of sp³-hybridized carbons (Fsp3) is 0.357. The molecule has 2 nitrogen and oxygen atoms in total. The van der Waals surface area contributed by atoms with Gasteiger partial charge in [-0.15, -0.1) is 22.9 Å². The van der Waals surface area contributed by atoms with Gasteiger partial charge in [-0.1, -0.05) is 11.6 Å². The van der Waals surface area contributed by atoms with Gasteiger partial charge in [-0.3, -0.25) is 0 Å². The third kappa shape index (κ3) is 2.35. The van der Waals surface area contributed by atoms with E-state index in [1.54, 1.807) is 0 Å². The number of hydrogen-bond acceptors (Lipinski definition) is 3. The van der Waals surface area contributed by atoms with Gasteiger partial charge in [0.1, 0.15) is 5.82 Å². The number of anilines is 1. The van der Waals surface area contributed by atoms with E-state index in [4.69, 9.17) is 23.2 Å². The highest BCUT2D eigenvalue weighted by molar-refractivity contribution is 7.10. The molecule has 0 saturated heterocycles. The third-order valence-corrected chi connectivity index (χ3v) is 5.17. The van der Waals surface area contributed by atoms with Crippen LogP contribution in [0, 0.1) is 0 Å². The lowest BCUT2D eigenvalue weighted by atomic mass is 10.0. The Morgan fingerprint density at radius 3 is 3.11 bits per heavy atom. The molecule has 2 aromatic rings. The lowest BCUT2D eigenvalue weighted by Crippen LogP contribution is -2.33. The summed E-state index contributed by atoms with van der Waals surface area (Å²) in [6, 6.07) is 4.44. The summed E-state index contributed by atoms with van der Waals surface area (Å²) in [6.07, 6.45) is 2.87. The standard InChI is InChI=1S/C14H14Cl2N2S/c1-9-11-3-5-19-13(11)2-4-18(9)14-12(16)6-10(7-15)8-17-14/h3,5-6,8-9H,2,4,7H2,1H3. The molecule has 0 aromatic carbocycles. The maximum atomic E-state index is 6.35. The summed E-state index contributed by atoms with van der Waals surface area (Å²) in [7, 11) is 0. The third-order valence-electron chi connectivity index (χ3n) is 3.58. The van der Waals surface area contributed by atoms with Gasteiger partial charge in [-0.05, 0) is 42.0 Å². The van der Waals surface area contributed by atoms with E-state index in [-0.39, 0.29) is 0 Å². The van der Waals surface area contributed by atoms with Crippen LogP contribution >= 0.6 is 34.5 Å². The van der Waals surface area contributed by atoms with Gasteiger partial charge in [0.2, 0.25) is 0 Å². The van der Waals surface area contributed by atoms with E-state index in [1.807, 2.05) is 23.6 Å². The van der Waals surface area contributed by atoms with Crippen LogP contribution in [0.25, 0.3) is 0 Å². The Labute approximate surface area is 127 Å². The Kier molecular flexibility index (Phi) is 3.70. The van der Waals surface area contributed by atoms with Crippen molar-refractivity contribution in [3.05, 3.63) is 44.7 Å². The first-order valence-electron chi connectivity index (χ1n) is 6.24. The first kappa shape index (κ1) is 13.2. The zero-order valence-electron chi connectivity index (χ0n) is 10.6. The van der Waals surface area contributed by atoms with Crippen molar-refractivity contribution in [1.29, 1.82) is 0 Å². The number of nitrogens with zero attached hydrogens (tertiary/aromatic N) is 2. The highest BCUT2D eigenvalue weighted by atomic mass is 35.5. The second-order valence-corrected chi connectivity index (χ2v) is 6.38. The molecular formula is C14H14Cl2N2S. The van der Waals surface area contributed by atoms with Gasteiger partial charge >= 0.3 is 0 Å². The van der Waals surface area contributed by atoms with Crippen LogP contribution in [0.1, 0.15) is 29.0 Å². The summed E-state index contributed by atoms with van der Waals surface area (Å²) in [5.41, 5.74) is 2.35. The van der Waals surface area contributed by atoms with E-state index in [9.17, 15) is 0 Å². The molecule has 0 aliphatic carbocycles. The fourth-order valence-electron chi connectivity index (χ4n) is 2.55. The van der Waals surface area contributed by atoms with Crippen molar-refractivity contribution >= 4 is 40.4 Å². The highest BCUT2D eigenvalue weighted by Gasteiger charge is 2.26. The molecular weight excluding hydrogens is 299 g/mol.